The fourth-order valence-corrected chi connectivity index (χ4v) is 3.21. The van der Waals surface area contributed by atoms with Crippen LogP contribution in [0.25, 0.3) is 5.69 Å². The lowest BCUT2D eigenvalue weighted by atomic mass is 10.0. The van der Waals surface area contributed by atoms with Gasteiger partial charge in [0.1, 0.15) is 0 Å². The summed E-state index contributed by atoms with van der Waals surface area (Å²) in [6.07, 6.45) is 4.64. The average Bonchev–Trinajstić information content (AvgIpc) is 3.15. The van der Waals surface area contributed by atoms with Gasteiger partial charge in [-0.2, -0.15) is 5.10 Å². The molecule has 1 atom stereocenters. The zero-order chi connectivity index (χ0) is 18.9. The second-order valence-electron chi connectivity index (χ2n) is 6.81. The van der Waals surface area contributed by atoms with Gasteiger partial charge in [-0.15, -0.1) is 0 Å². The second kappa shape index (κ2) is 9.97. The molecule has 0 saturated carbocycles. The normalized spacial score (nSPS) is 12.4. The van der Waals surface area contributed by atoms with Crippen molar-refractivity contribution in [1.82, 2.24) is 20.0 Å². The molecule has 1 aromatic heterocycles. The van der Waals surface area contributed by atoms with E-state index < -0.39 is 0 Å². The van der Waals surface area contributed by atoms with Gasteiger partial charge in [-0.1, -0.05) is 39.8 Å². The van der Waals surface area contributed by atoms with Crippen LogP contribution in [0.1, 0.15) is 34.1 Å². The van der Waals surface area contributed by atoms with E-state index in [2.05, 4.69) is 48.3 Å². The number of urea groups is 1. The Hall–Kier alpha value is -2.34. The maximum atomic E-state index is 12.5. The number of anilines is 1. The minimum absolute atomic E-state index is 0.189. The summed E-state index contributed by atoms with van der Waals surface area (Å²) < 4.78 is 1.74. The zero-order valence-electron chi connectivity index (χ0n) is 16.3. The van der Waals surface area contributed by atoms with Crippen LogP contribution in [0.2, 0.25) is 0 Å². The van der Waals surface area contributed by atoms with Crippen molar-refractivity contribution in [3.05, 3.63) is 42.7 Å². The molecule has 1 heterocycles. The van der Waals surface area contributed by atoms with E-state index in [1.807, 2.05) is 36.5 Å². The van der Waals surface area contributed by atoms with Crippen molar-refractivity contribution in [2.24, 2.45) is 5.92 Å². The summed E-state index contributed by atoms with van der Waals surface area (Å²) in [5.41, 5.74) is 1.58. The van der Waals surface area contributed by atoms with E-state index in [-0.39, 0.29) is 6.03 Å². The maximum Gasteiger partial charge on any atom is 0.319 e. The molecular weight excluding hydrogens is 326 g/mol. The molecule has 6 nitrogen and oxygen atoms in total. The van der Waals surface area contributed by atoms with Crippen LogP contribution in [0.5, 0.6) is 0 Å². The SMILES string of the molecule is CCN(CC)C(CNC(=O)Nc1ccccc1-n1cccn1)CC(C)C. The predicted molar refractivity (Wildman–Crippen MR) is 107 cm³/mol. The number of carbonyl (C=O) groups is 1. The largest absolute Gasteiger partial charge is 0.336 e. The smallest absolute Gasteiger partial charge is 0.319 e. The molecule has 0 fully saturated rings. The van der Waals surface area contributed by atoms with E-state index in [0.29, 0.717) is 18.5 Å². The van der Waals surface area contributed by atoms with Crippen molar-refractivity contribution in [3.8, 4) is 5.69 Å². The van der Waals surface area contributed by atoms with Crippen molar-refractivity contribution in [2.75, 3.05) is 25.0 Å². The molecule has 0 aliphatic carbocycles. The van der Waals surface area contributed by atoms with Gasteiger partial charge in [0, 0.05) is 25.0 Å². The van der Waals surface area contributed by atoms with Crippen LogP contribution in [0.4, 0.5) is 10.5 Å². The Kier molecular flexibility index (Phi) is 7.66. The van der Waals surface area contributed by atoms with Crippen LogP contribution in [-0.2, 0) is 0 Å². The van der Waals surface area contributed by atoms with Gasteiger partial charge in [0.05, 0.1) is 11.4 Å². The Morgan fingerprint density at radius 2 is 1.92 bits per heavy atom. The van der Waals surface area contributed by atoms with Crippen molar-refractivity contribution in [2.45, 2.75) is 40.2 Å². The number of carbonyl (C=O) groups excluding carboxylic acids is 1. The number of nitrogens with one attached hydrogen (secondary N) is 2. The number of hydrogen-bond acceptors (Lipinski definition) is 3. The number of amides is 2. The summed E-state index contributed by atoms with van der Waals surface area (Å²) in [6.45, 7) is 11.4. The van der Waals surface area contributed by atoms with E-state index >= 15 is 0 Å². The lowest BCUT2D eigenvalue weighted by Crippen LogP contribution is -2.45. The molecule has 2 N–H and O–H groups in total. The van der Waals surface area contributed by atoms with Gasteiger partial charge in [-0.25, -0.2) is 9.48 Å². The van der Waals surface area contributed by atoms with Crippen molar-refractivity contribution < 1.29 is 4.79 Å². The van der Waals surface area contributed by atoms with E-state index in [1.165, 1.54) is 0 Å². The molecule has 1 aromatic carbocycles. The fourth-order valence-electron chi connectivity index (χ4n) is 3.21. The highest BCUT2D eigenvalue weighted by molar-refractivity contribution is 5.91. The quantitative estimate of drug-likeness (QED) is 0.718. The van der Waals surface area contributed by atoms with Crippen molar-refractivity contribution in [3.63, 3.8) is 0 Å². The molecule has 0 radical (unpaired) electrons. The number of aromatic nitrogens is 2. The monoisotopic (exact) mass is 357 g/mol. The lowest BCUT2D eigenvalue weighted by Gasteiger charge is -2.31. The van der Waals surface area contributed by atoms with Crippen molar-refractivity contribution >= 4 is 11.7 Å². The molecule has 0 aliphatic heterocycles. The van der Waals surface area contributed by atoms with Crippen LogP contribution < -0.4 is 10.6 Å². The second-order valence-corrected chi connectivity index (χ2v) is 6.81. The summed E-state index contributed by atoms with van der Waals surface area (Å²) in [5.74, 6) is 0.589. The number of para-hydroxylation sites is 2. The number of likely N-dealkylation sites (N-methyl/N-ethyl adjacent to an activating group) is 1. The Morgan fingerprint density at radius 3 is 2.54 bits per heavy atom. The van der Waals surface area contributed by atoms with Gasteiger partial charge in [0.25, 0.3) is 0 Å². The molecule has 6 heteroatoms. The summed E-state index contributed by atoms with van der Waals surface area (Å²) in [5, 5.41) is 10.2. The van der Waals surface area contributed by atoms with Gasteiger partial charge in [-0.05, 0) is 43.6 Å². The summed E-state index contributed by atoms with van der Waals surface area (Å²) in [4.78, 5) is 14.9. The predicted octanol–water partition coefficient (Wildman–Crippen LogP) is 3.75. The maximum absolute atomic E-state index is 12.5. The topological polar surface area (TPSA) is 62.2 Å². The third-order valence-electron chi connectivity index (χ3n) is 4.47. The highest BCUT2D eigenvalue weighted by Gasteiger charge is 2.18. The summed E-state index contributed by atoms with van der Waals surface area (Å²) in [6, 6.07) is 9.66. The van der Waals surface area contributed by atoms with Crippen LogP contribution in [-0.4, -0.2) is 46.4 Å². The number of nitrogens with zero attached hydrogens (tertiary/aromatic N) is 3. The first-order chi connectivity index (χ1) is 12.5. The van der Waals surface area contributed by atoms with Gasteiger partial charge in [0.2, 0.25) is 0 Å². The molecule has 0 aliphatic rings. The number of benzene rings is 1. The van der Waals surface area contributed by atoms with Crippen LogP contribution >= 0.6 is 0 Å². The molecule has 2 amide bonds. The summed E-state index contributed by atoms with van der Waals surface area (Å²) in [7, 11) is 0. The van der Waals surface area contributed by atoms with Gasteiger partial charge in [0.15, 0.2) is 0 Å². The standard InChI is InChI=1S/C20H31N5O/c1-5-24(6-2)17(14-16(3)4)15-21-20(26)23-18-10-7-8-11-19(18)25-13-9-12-22-25/h7-13,16-17H,5-6,14-15H2,1-4H3,(H2,21,23,26). The minimum Gasteiger partial charge on any atom is -0.336 e. The van der Waals surface area contributed by atoms with E-state index in [1.54, 1.807) is 10.9 Å². The Bertz CT molecular complexity index is 665. The molecule has 26 heavy (non-hydrogen) atoms. The molecular formula is C20H31N5O. The minimum atomic E-state index is -0.189. The van der Waals surface area contributed by atoms with Gasteiger partial charge < -0.3 is 10.6 Å². The van der Waals surface area contributed by atoms with Gasteiger partial charge >= 0.3 is 6.03 Å². The fraction of sp³-hybridized carbons (Fsp3) is 0.500. The van der Waals surface area contributed by atoms with Gasteiger partial charge in [-0.3, -0.25) is 4.90 Å². The number of hydrogen-bond donors (Lipinski definition) is 2. The van der Waals surface area contributed by atoms with E-state index in [0.717, 1.165) is 30.9 Å². The van der Waals surface area contributed by atoms with Crippen LogP contribution in [0, 0.1) is 5.92 Å². The Morgan fingerprint density at radius 1 is 1.19 bits per heavy atom. The van der Waals surface area contributed by atoms with Crippen molar-refractivity contribution in [1.29, 1.82) is 0 Å². The highest BCUT2D eigenvalue weighted by atomic mass is 16.2. The third-order valence-corrected chi connectivity index (χ3v) is 4.47. The van der Waals surface area contributed by atoms with E-state index in [4.69, 9.17) is 0 Å². The third kappa shape index (κ3) is 5.59. The first-order valence-corrected chi connectivity index (χ1v) is 9.43. The average molecular weight is 358 g/mol. The summed E-state index contributed by atoms with van der Waals surface area (Å²) >= 11 is 0. The van der Waals surface area contributed by atoms with Crippen LogP contribution in [0.3, 0.4) is 0 Å². The number of rotatable bonds is 9. The van der Waals surface area contributed by atoms with Crippen LogP contribution in [0.15, 0.2) is 42.7 Å². The molecule has 1 unspecified atom stereocenters. The molecule has 0 bridgehead atoms. The Balaban J connectivity index is 2.00. The lowest BCUT2D eigenvalue weighted by molar-refractivity contribution is 0.186. The molecule has 2 aromatic rings. The first-order valence-electron chi connectivity index (χ1n) is 9.43. The molecule has 0 spiro atoms. The highest BCUT2D eigenvalue weighted by Crippen LogP contribution is 2.19. The zero-order valence-corrected chi connectivity index (χ0v) is 16.3. The molecule has 2 rings (SSSR count). The molecule has 0 saturated heterocycles. The van der Waals surface area contributed by atoms with E-state index in [9.17, 15) is 4.79 Å². The Labute approximate surface area is 156 Å². The first kappa shape index (κ1) is 20.0. The molecule has 142 valence electrons.